The smallest absolute Gasteiger partial charge is 0.807 e. The van der Waals surface area contributed by atoms with Crippen molar-refractivity contribution in [3.8, 4) is 28.7 Å². The molecule has 0 spiro atoms. The largest absolute Gasteiger partial charge is 1.00 e. The number of carboxylic acid groups (broad SMARTS) is 1. The molecule has 1 unspecified atom stereocenters. The van der Waals surface area contributed by atoms with Crippen LogP contribution in [0.1, 0.15) is 11.1 Å². The minimum atomic E-state index is -5.43. The van der Waals surface area contributed by atoms with E-state index in [1.54, 1.807) is 39.5 Å². The van der Waals surface area contributed by atoms with Crippen molar-refractivity contribution < 1.29 is 142 Å². The summed E-state index contributed by atoms with van der Waals surface area (Å²) in [6.07, 6.45) is 1.89. The predicted octanol–water partition coefficient (Wildman–Crippen LogP) is -9.02. The molecule has 0 aromatic heterocycles. The topological polar surface area (TPSA) is 170 Å². The zero-order chi connectivity index (χ0) is 23.7. The maximum Gasteiger partial charge on any atom is 1.00 e. The minimum absolute atomic E-state index is 0. The van der Waals surface area contributed by atoms with Crippen molar-refractivity contribution in [2.45, 2.75) is 5.79 Å². The molecule has 1 N–H and O–H groups in total. The summed E-state index contributed by atoms with van der Waals surface area (Å²) in [7, 11) is -0.720. The van der Waals surface area contributed by atoms with E-state index in [0.29, 0.717) is 39.9 Å². The molecule has 4 rings (SSSR count). The van der Waals surface area contributed by atoms with Gasteiger partial charge in [-0.1, -0.05) is 0 Å². The van der Waals surface area contributed by atoms with Gasteiger partial charge in [-0.15, -0.1) is 0 Å². The molecule has 35 heavy (non-hydrogen) atoms. The summed E-state index contributed by atoms with van der Waals surface area (Å²) in [5, 5.41) is 20.0. The Hall–Kier alpha value is -0.240. The number of carbonyl (C=O) groups is 1. The molecular formula is C20H18Na3O11P. The van der Waals surface area contributed by atoms with Gasteiger partial charge in [-0.2, -0.15) is 0 Å². The molecule has 15 heteroatoms. The van der Waals surface area contributed by atoms with Crippen LogP contribution in [0, 0.1) is 0 Å². The number of fused-ring (bicyclic) bond motifs is 4. The van der Waals surface area contributed by atoms with E-state index in [0.717, 1.165) is 5.56 Å². The first-order valence-corrected chi connectivity index (χ1v) is 10.5. The first-order chi connectivity index (χ1) is 15.0. The molecule has 2 aromatic rings. The number of methoxy groups -OCH3 is 3. The molecule has 2 heterocycles. The Labute approximate surface area is 267 Å². The van der Waals surface area contributed by atoms with Gasteiger partial charge in [0, 0.05) is 28.8 Å². The third-order valence-electron chi connectivity index (χ3n) is 4.64. The second-order valence-corrected chi connectivity index (χ2v) is 7.96. The standard InChI is InChI=1S/C19H18O6.CH3O5P.3Na/c1-21-12-5-4-11-6-14-13-8-17(22-2)18(23-3)9-16(13)24-10-19(14,20)25-15(11)7-12;2-1(3)7(4,5)6;;;/h4-9,20H,10H2,1-3H3;(H,2,3)(H2,4,5,6);;;/q;;3*+1/p-3. The minimum Gasteiger partial charge on any atom is -0.807 e. The van der Waals surface area contributed by atoms with Crippen LogP contribution in [-0.2, 0) is 4.57 Å². The second kappa shape index (κ2) is 14.1. The van der Waals surface area contributed by atoms with E-state index >= 15 is 0 Å². The maximum absolute atomic E-state index is 11.0. The third kappa shape index (κ3) is 7.87. The number of hydrogen-bond acceptors (Lipinski definition) is 11. The predicted molar refractivity (Wildman–Crippen MR) is 104 cm³/mol. The zero-order valence-electron chi connectivity index (χ0n) is 20.1. The molecule has 0 amide bonds. The molecule has 2 aromatic carbocycles. The van der Waals surface area contributed by atoms with Crippen LogP contribution in [0.5, 0.6) is 28.7 Å². The van der Waals surface area contributed by atoms with Gasteiger partial charge in [0.2, 0.25) is 0 Å². The van der Waals surface area contributed by atoms with E-state index in [-0.39, 0.29) is 95.3 Å². The molecule has 0 saturated heterocycles. The fourth-order valence-electron chi connectivity index (χ4n) is 3.12. The van der Waals surface area contributed by atoms with Gasteiger partial charge < -0.3 is 53.0 Å². The third-order valence-corrected chi connectivity index (χ3v) is 5.09. The first kappa shape index (κ1) is 34.8. The fraction of sp³-hybridized carbons (Fsp3) is 0.250. The molecule has 0 fully saturated rings. The van der Waals surface area contributed by atoms with Gasteiger partial charge in [-0.05, 0) is 31.9 Å². The zero-order valence-corrected chi connectivity index (χ0v) is 27.0. The van der Waals surface area contributed by atoms with Crippen LogP contribution >= 0.6 is 7.60 Å². The summed E-state index contributed by atoms with van der Waals surface area (Å²) in [5.74, 6) is 1.34. The van der Waals surface area contributed by atoms with E-state index in [9.17, 15) is 5.11 Å². The second-order valence-electron chi connectivity index (χ2n) is 6.60. The molecule has 172 valence electrons. The molecule has 0 bridgehead atoms. The number of ether oxygens (including phenoxy) is 5. The normalized spacial score (nSPS) is 16.6. The van der Waals surface area contributed by atoms with Crippen molar-refractivity contribution >= 4 is 25.0 Å². The summed E-state index contributed by atoms with van der Waals surface area (Å²) in [4.78, 5) is 27.3. The molecule has 2 aliphatic heterocycles. The molecule has 0 saturated carbocycles. The van der Waals surface area contributed by atoms with Crippen molar-refractivity contribution in [2.24, 2.45) is 0 Å². The summed E-state index contributed by atoms with van der Waals surface area (Å²) < 4.78 is 36.6. The van der Waals surface area contributed by atoms with E-state index in [2.05, 4.69) is 0 Å². The van der Waals surface area contributed by atoms with E-state index in [4.69, 9.17) is 47.9 Å². The number of hydrogen-bond donors (Lipinski definition) is 1. The van der Waals surface area contributed by atoms with Gasteiger partial charge in [0.05, 0.1) is 27.0 Å². The van der Waals surface area contributed by atoms with Crippen molar-refractivity contribution in [1.29, 1.82) is 0 Å². The van der Waals surface area contributed by atoms with Crippen molar-refractivity contribution in [1.82, 2.24) is 0 Å². The molecule has 2 aliphatic rings. The molecule has 11 nitrogen and oxygen atoms in total. The molecule has 1 atom stereocenters. The summed E-state index contributed by atoms with van der Waals surface area (Å²) in [5.41, 5.74) is -0.393. The average Bonchev–Trinajstić information content (AvgIpc) is 2.75. The van der Waals surface area contributed by atoms with Gasteiger partial charge >= 0.3 is 88.7 Å². The van der Waals surface area contributed by atoms with Crippen LogP contribution in [0.15, 0.2) is 30.3 Å². The van der Waals surface area contributed by atoms with Crippen LogP contribution in [0.25, 0.3) is 11.6 Å². The molecule has 0 aliphatic carbocycles. The number of aliphatic hydroxyl groups is 1. The Bertz CT molecular complexity index is 1140. The van der Waals surface area contributed by atoms with Crippen molar-refractivity contribution in [3.63, 3.8) is 0 Å². The Morgan fingerprint density at radius 3 is 2.09 bits per heavy atom. The van der Waals surface area contributed by atoms with Crippen molar-refractivity contribution in [3.05, 3.63) is 41.5 Å². The molecule has 0 radical (unpaired) electrons. The van der Waals surface area contributed by atoms with E-state index < -0.39 is 19.1 Å². The Balaban J connectivity index is 0.00000102. The van der Waals surface area contributed by atoms with Gasteiger partial charge in [0.1, 0.15) is 17.2 Å². The monoisotopic (exact) mass is 534 g/mol. The van der Waals surface area contributed by atoms with Crippen LogP contribution in [0.2, 0.25) is 0 Å². The number of rotatable bonds is 4. The van der Waals surface area contributed by atoms with Crippen molar-refractivity contribution in [2.75, 3.05) is 27.9 Å². The maximum atomic E-state index is 11.0. The van der Waals surface area contributed by atoms with Gasteiger partial charge in [-0.3, -0.25) is 0 Å². The summed E-state index contributed by atoms with van der Waals surface area (Å²) >= 11 is 0. The SMILES string of the molecule is COc1ccc2c(c1)OC1(O)COc3cc(OC)c(OC)cc3C1=C2.O=C([O-])P(=O)([O-])[O-].[Na+].[Na+].[Na+]. The number of benzene rings is 2. The Morgan fingerprint density at radius 1 is 1.00 bits per heavy atom. The average molecular weight is 534 g/mol. The van der Waals surface area contributed by atoms with Gasteiger partial charge in [0.15, 0.2) is 18.1 Å². The van der Waals surface area contributed by atoms with Crippen LogP contribution in [-0.4, -0.2) is 44.5 Å². The van der Waals surface area contributed by atoms with E-state index in [1.165, 1.54) is 0 Å². The summed E-state index contributed by atoms with van der Waals surface area (Å²) in [6, 6.07) is 9.00. The van der Waals surface area contributed by atoms with Crippen LogP contribution in [0.3, 0.4) is 0 Å². The fourth-order valence-corrected chi connectivity index (χ4v) is 3.12. The Morgan fingerprint density at radius 2 is 1.57 bits per heavy atom. The van der Waals surface area contributed by atoms with Crippen LogP contribution < -0.4 is 127 Å². The van der Waals surface area contributed by atoms with Gasteiger partial charge in [0.25, 0.3) is 5.79 Å². The number of carbonyl (C=O) groups excluding carboxylic acids is 1. The quantitative estimate of drug-likeness (QED) is 0.292. The first-order valence-electron chi connectivity index (χ1n) is 8.96. The van der Waals surface area contributed by atoms with E-state index in [1.807, 2.05) is 18.2 Å². The summed E-state index contributed by atoms with van der Waals surface area (Å²) in [6.45, 7) is -0.0298. The van der Waals surface area contributed by atoms with Gasteiger partial charge in [-0.25, -0.2) is 0 Å². The molecular weight excluding hydrogens is 516 g/mol. The Kier molecular flexibility index (Phi) is 14.0. The van der Waals surface area contributed by atoms with Crippen LogP contribution in [0.4, 0.5) is 4.79 Å².